The van der Waals surface area contributed by atoms with Crippen molar-refractivity contribution in [1.82, 2.24) is 14.9 Å². The van der Waals surface area contributed by atoms with E-state index in [0.29, 0.717) is 13.2 Å². The zero-order valence-corrected chi connectivity index (χ0v) is 15.8. The summed E-state index contributed by atoms with van der Waals surface area (Å²) >= 11 is 0. The number of aromatic nitrogens is 2. The maximum absolute atomic E-state index is 11.2. The molecule has 3 aromatic rings. The predicted molar refractivity (Wildman–Crippen MR) is 105 cm³/mol. The summed E-state index contributed by atoms with van der Waals surface area (Å²) in [6.07, 6.45) is 1.89. The number of carbonyl (C=O) groups excluding carboxylic acids is 1. The third-order valence-electron chi connectivity index (χ3n) is 4.33. The van der Waals surface area contributed by atoms with Gasteiger partial charge in [0.05, 0.1) is 31.3 Å². The number of carbonyl (C=O) groups is 1. The van der Waals surface area contributed by atoms with Crippen LogP contribution >= 0.6 is 0 Å². The van der Waals surface area contributed by atoms with Crippen LogP contribution in [-0.4, -0.2) is 29.2 Å². The molecule has 0 atom stereocenters. The molecule has 1 heterocycles. The minimum atomic E-state index is -0.0542. The largest absolute Gasteiger partial charge is 0.497 e. The molecule has 0 unspecified atom stereocenters. The van der Waals surface area contributed by atoms with Gasteiger partial charge in [-0.1, -0.05) is 12.1 Å². The van der Waals surface area contributed by atoms with E-state index in [1.165, 1.54) is 6.92 Å². The van der Waals surface area contributed by atoms with Gasteiger partial charge in [0.2, 0.25) is 5.91 Å². The summed E-state index contributed by atoms with van der Waals surface area (Å²) in [5, 5.41) is 2.84. The van der Waals surface area contributed by atoms with Gasteiger partial charge in [0, 0.05) is 13.5 Å². The molecule has 0 aliphatic rings. The lowest BCUT2D eigenvalue weighted by Crippen LogP contribution is -2.21. The van der Waals surface area contributed by atoms with Crippen molar-refractivity contribution in [3.63, 3.8) is 0 Å². The number of amides is 1. The number of nitrogens with zero attached hydrogens (tertiary/aromatic N) is 2. The van der Waals surface area contributed by atoms with Gasteiger partial charge in [-0.15, -0.1) is 0 Å². The molecule has 0 aliphatic carbocycles. The maximum Gasteiger partial charge on any atom is 0.217 e. The van der Waals surface area contributed by atoms with Gasteiger partial charge >= 0.3 is 0 Å². The molecule has 0 aliphatic heterocycles. The molecule has 0 bridgehead atoms. The molecule has 0 saturated heterocycles. The Balaban J connectivity index is 1.55. The monoisotopic (exact) mass is 367 g/mol. The number of hydrogen-bond donors (Lipinski definition) is 1. The SMILES string of the molecule is COc1ccc(OCCCCn2c(CNC(C)=O)nc3ccccc32)cc1. The first-order valence-electron chi connectivity index (χ1n) is 9.13. The van der Waals surface area contributed by atoms with E-state index < -0.39 is 0 Å². The molecule has 6 nitrogen and oxygen atoms in total. The van der Waals surface area contributed by atoms with E-state index in [-0.39, 0.29) is 5.91 Å². The van der Waals surface area contributed by atoms with Gasteiger partial charge in [-0.25, -0.2) is 4.98 Å². The van der Waals surface area contributed by atoms with Crippen LogP contribution in [0.4, 0.5) is 0 Å². The smallest absolute Gasteiger partial charge is 0.217 e. The number of benzene rings is 2. The molecular weight excluding hydrogens is 342 g/mol. The minimum Gasteiger partial charge on any atom is -0.497 e. The minimum absolute atomic E-state index is 0.0542. The third-order valence-corrected chi connectivity index (χ3v) is 4.33. The van der Waals surface area contributed by atoms with Crippen LogP contribution in [-0.2, 0) is 17.9 Å². The number of unbranched alkanes of at least 4 members (excludes halogenated alkanes) is 1. The molecule has 3 rings (SSSR count). The summed E-state index contributed by atoms with van der Waals surface area (Å²) in [7, 11) is 1.65. The number of nitrogens with one attached hydrogen (secondary N) is 1. The fourth-order valence-corrected chi connectivity index (χ4v) is 2.95. The van der Waals surface area contributed by atoms with Crippen molar-refractivity contribution in [2.24, 2.45) is 0 Å². The van der Waals surface area contributed by atoms with Gasteiger partial charge in [-0.3, -0.25) is 4.79 Å². The van der Waals surface area contributed by atoms with Crippen LogP contribution in [0.3, 0.4) is 0 Å². The van der Waals surface area contributed by atoms with Crippen LogP contribution in [0, 0.1) is 0 Å². The molecule has 1 N–H and O–H groups in total. The lowest BCUT2D eigenvalue weighted by atomic mass is 10.3. The molecule has 0 saturated carbocycles. The molecule has 0 fully saturated rings. The highest BCUT2D eigenvalue weighted by atomic mass is 16.5. The summed E-state index contributed by atoms with van der Waals surface area (Å²) in [6, 6.07) is 15.6. The highest BCUT2D eigenvalue weighted by Gasteiger charge is 2.10. The Labute approximate surface area is 159 Å². The highest BCUT2D eigenvalue weighted by Crippen LogP contribution is 2.19. The van der Waals surface area contributed by atoms with Crippen molar-refractivity contribution in [1.29, 1.82) is 0 Å². The number of hydrogen-bond acceptors (Lipinski definition) is 4. The van der Waals surface area contributed by atoms with Gasteiger partial charge in [0.15, 0.2) is 0 Å². The zero-order chi connectivity index (χ0) is 19.1. The van der Waals surface area contributed by atoms with Gasteiger partial charge in [-0.05, 0) is 49.2 Å². The zero-order valence-electron chi connectivity index (χ0n) is 15.8. The second kappa shape index (κ2) is 9.07. The van der Waals surface area contributed by atoms with Gasteiger partial charge in [-0.2, -0.15) is 0 Å². The Bertz CT molecular complexity index is 887. The molecule has 142 valence electrons. The van der Waals surface area contributed by atoms with E-state index >= 15 is 0 Å². The number of imidazole rings is 1. The summed E-state index contributed by atoms with van der Waals surface area (Å²) < 4.78 is 13.1. The fraction of sp³-hybridized carbons (Fsp3) is 0.333. The van der Waals surface area contributed by atoms with Gasteiger partial charge in [0.25, 0.3) is 0 Å². The Morgan fingerprint density at radius 1 is 1.07 bits per heavy atom. The van der Waals surface area contributed by atoms with Crippen molar-refractivity contribution in [3.8, 4) is 11.5 Å². The van der Waals surface area contributed by atoms with Crippen LogP contribution in [0.2, 0.25) is 0 Å². The molecule has 0 radical (unpaired) electrons. The lowest BCUT2D eigenvalue weighted by molar-refractivity contribution is -0.119. The first-order chi connectivity index (χ1) is 13.2. The maximum atomic E-state index is 11.2. The molecule has 6 heteroatoms. The Hall–Kier alpha value is -3.02. The van der Waals surface area contributed by atoms with Crippen LogP contribution in [0.15, 0.2) is 48.5 Å². The predicted octanol–water partition coefficient (Wildman–Crippen LogP) is 3.54. The Morgan fingerprint density at radius 2 is 1.81 bits per heavy atom. The standard InChI is InChI=1S/C21H25N3O3/c1-16(25)22-15-21-23-19-7-3-4-8-20(19)24(21)13-5-6-14-27-18-11-9-17(26-2)10-12-18/h3-4,7-12H,5-6,13-15H2,1-2H3,(H,22,25). The second-order valence-electron chi connectivity index (χ2n) is 6.31. The van der Waals surface area contributed by atoms with E-state index in [0.717, 1.165) is 47.7 Å². The molecule has 0 spiro atoms. The Morgan fingerprint density at radius 3 is 2.56 bits per heavy atom. The number of para-hydroxylation sites is 2. The van der Waals surface area contributed by atoms with E-state index in [2.05, 4.69) is 20.9 Å². The van der Waals surface area contributed by atoms with Gasteiger partial charge in [0.1, 0.15) is 17.3 Å². The Kier molecular flexibility index (Phi) is 6.30. The van der Waals surface area contributed by atoms with E-state index in [1.54, 1.807) is 7.11 Å². The summed E-state index contributed by atoms with van der Waals surface area (Å²) in [6.45, 7) is 3.44. The topological polar surface area (TPSA) is 65.4 Å². The summed E-state index contributed by atoms with van der Waals surface area (Å²) in [5.74, 6) is 2.49. The third kappa shape index (κ3) is 5.00. The number of aryl methyl sites for hydroxylation is 1. The summed E-state index contributed by atoms with van der Waals surface area (Å²) in [4.78, 5) is 15.9. The van der Waals surface area contributed by atoms with Crippen LogP contribution < -0.4 is 14.8 Å². The van der Waals surface area contributed by atoms with Crippen LogP contribution in [0.1, 0.15) is 25.6 Å². The van der Waals surface area contributed by atoms with Gasteiger partial charge < -0.3 is 19.4 Å². The number of fused-ring (bicyclic) bond motifs is 1. The average Bonchev–Trinajstić information content (AvgIpc) is 3.04. The quantitative estimate of drug-likeness (QED) is 0.588. The fourth-order valence-electron chi connectivity index (χ4n) is 2.95. The van der Waals surface area contributed by atoms with Crippen molar-refractivity contribution < 1.29 is 14.3 Å². The molecule has 1 aromatic heterocycles. The number of ether oxygens (including phenoxy) is 2. The molecule has 1 amide bonds. The number of rotatable bonds is 9. The molecular formula is C21H25N3O3. The van der Waals surface area contributed by atoms with Crippen molar-refractivity contribution in [2.45, 2.75) is 32.9 Å². The average molecular weight is 367 g/mol. The van der Waals surface area contributed by atoms with E-state index in [4.69, 9.17) is 9.47 Å². The highest BCUT2D eigenvalue weighted by molar-refractivity contribution is 5.76. The van der Waals surface area contributed by atoms with E-state index in [1.807, 2.05) is 42.5 Å². The lowest BCUT2D eigenvalue weighted by Gasteiger charge is -2.10. The second-order valence-corrected chi connectivity index (χ2v) is 6.31. The van der Waals surface area contributed by atoms with Crippen LogP contribution in [0.5, 0.6) is 11.5 Å². The van der Waals surface area contributed by atoms with Crippen molar-refractivity contribution in [3.05, 3.63) is 54.4 Å². The first-order valence-corrected chi connectivity index (χ1v) is 9.13. The number of methoxy groups -OCH3 is 1. The van der Waals surface area contributed by atoms with Crippen LogP contribution in [0.25, 0.3) is 11.0 Å². The van der Waals surface area contributed by atoms with Crippen molar-refractivity contribution >= 4 is 16.9 Å². The normalized spacial score (nSPS) is 10.7. The molecule has 2 aromatic carbocycles. The molecule has 27 heavy (non-hydrogen) atoms. The summed E-state index contributed by atoms with van der Waals surface area (Å²) in [5.41, 5.74) is 2.04. The van der Waals surface area contributed by atoms with E-state index in [9.17, 15) is 4.79 Å². The first kappa shape index (κ1) is 18.8. The van der Waals surface area contributed by atoms with Crippen molar-refractivity contribution in [2.75, 3.05) is 13.7 Å².